The molecule has 10 nitrogen and oxygen atoms in total. The summed E-state index contributed by atoms with van der Waals surface area (Å²) in [6, 6.07) is 13.8. The van der Waals surface area contributed by atoms with E-state index in [4.69, 9.17) is 10.00 Å². The molecule has 1 N–H and O–H groups in total. The molecule has 0 fully saturated rings. The van der Waals surface area contributed by atoms with Crippen molar-refractivity contribution in [3.63, 3.8) is 0 Å². The average molecular weight is 492 g/mol. The van der Waals surface area contributed by atoms with E-state index >= 15 is 0 Å². The second-order valence-electron chi connectivity index (χ2n) is 7.48. The third kappa shape index (κ3) is 6.10. The van der Waals surface area contributed by atoms with E-state index in [2.05, 4.69) is 26.1 Å². The number of nitrogens with zero attached hydrogens (tertiary/aromatic N) is 4. The number of methoxy groups -OCH3 is 1. The fourth-order valence-electron chi connectivity index (χ4n) is 3.16. The molecule has 0 saturated carbocycles. The van der Waals surface area contributed by atoms with Crippen LogP contribution in [0.2, 0.25) is 0 Å². The van der Waals surface area contributed by atoms with Crippen molar-refractivity contribution in [2.75, 3.05) is 18.2 Å². The summed E-state index contributed by atoms with van der Waals surface area (Å²) < 4.78 is 36.5. The van der Waals surface area contributed by atoms with Crippen molar-refractivity contribution >= 4 is 27.4 Å². The second kappa shape index (κ2) is 10.6. The topological polar surface area (TPSA) is 155 Å². The number of sulfone groups is 1. The Bertz CT molecular complexity index is 1430. The van der Waals surface area contributed by atoms with Crippen LogP contribution >= 0.6 is 0 Å². The smallest absolute Gasteiger partial charge is 0.306 e. The minimum absolute atomic E-state index is 0.0561. The quantitative estimate of drug-likeness (QED) is 0.461. The van der Waals surface area contributed by atoms with E-state index in [1.165, 1.54) is 7.11 Å². The SMILES string of the molecule is COC(=O)CCS(=O)(=O)c1cnc(Nc2ccc(C#N)cc2)nc1Oc1c(C)cc(C#N)cc1C. The van der Waals surface area contributed by atoms with Crippen molar-refractivity contribution in [1.29, 1.82) is 10.5 Å². The van der Waals surface area contributed by atoms with E-state index in [0.29, 0.717) is 33.7 Å². The molecule has 178 valence electrons. The zero-order valence-corrected chi connectivity index (χ0v) is 20.0. The lowest BCUT2D eigenvalue weighted by atomic mass is 10.1. The number of hydrogen-bond acceptors (Lipinski definition) is 10. The lowest BCUT2D eigenvalue weighted by Crippen LogP contribution is -2.15. The Hall–Kier alpha value is -4.48. The number of carbonyl (C=O) groups is 1. The molecule has 0 amide bonds. The molecule has 0 radical (unpaired) electrons. The molecule has 0 aliphatic carbocycles. The average Bonchev–Trinajstić information content (AvgIpc) is 2.85. The summed E-state index contributed by atoms with van der Waals surface area (Å²) in [5, 5.41) is 21.1. The Balaban J connectivity index is 2.04. The minimum atomic E-state index is -4.02. The molecule has 3 rings (SSSR count). The van der Waals surface area contributed by atoms with Crippen LogP contribution < -0.4 is 10.1 Å². The van der Waals surface area contributed by atoms with Crippen LogP contribution in [0, 0.1) is 36.5 Å². The summed E-state index contributed by atoms with van der Waals surface area (Å²) in [5.74, 6) is -1.03. The molecular formula is C24H21N5O5S. The van der Waals surface area contributed by atoms with Gasteiger partial charge < -0.3 is 14.8 Å². The molecule has 0 aliphatic rings. The third-order valence-corrected chi connectivity index (χ3v) is 6.61. The van der Waals surface area contributed by atoms with E-state index in [1.807, 2.05) is 6.07 Å². The van der Waals surface area contributed by atoms with Crippen LogP contribution in [0.1, 0.15) is 28.7 Å². The number of anilines is 2. The number of nitriles is 2. The highest BCUT2D eigenvalue weighted by molar-refractivity contribution is 7.91. The molecular weight excluding hydrogens is 470 g/mol. The fraction of sp³-hybridized carbons (Fsp3) is 0.208. The van der Waals surface area contributed by atoms with Gasteiger partial charge >= 0.3 is 5.97 Å². The summed E-state index contributed by atoms with van der Waals surface area (Å²) in [6.07, 6.45) is 0.758. The maximum Gasteiger partial charge on any atom is 0.306 e. The molecule has 0 aliphatic heterocycles. The lowest BCUT2D eigenvalue weighted by molar-refractivity contribution is -0.140. The van der Waals surface area contributed by atoms with Gasteiger partial charge in [0.2, 0.25) is 11.8 Å². The molecule has 1 aromatic heterocycles. The summed E-state index contributed by atoms with van der Waals surface area (Å²) in [7, 11) is -2.85. The number of aromatic nitrogens is 2. The monoisotopic (exact) mass is 491 g/mol. The highest BCUT2D eigenvalue weighted by Crippen LogP contribution is 2.33. The van der Waals surface area contributed by atoms with Crippen LogP contribution in [0.4, 0.5) is 11.6 Å². The second-order valence-corrected chi connectivity index (χ2v) is 9.55. The van der Waals surface area contributed by atoms with Gasteiger partial charge in [-0.25, -0.2) is 13.4 Å². The van der Waals surface area contributed by atoms with Crippen molar-refractivity contribution in [3.05, 3.63) is 64.8 Å². The maximum atomic E-state index is 13.0. The Morgan fingerprint density at radius 2 is 1.69 bits per heavy atom. The first kappa shape index (κ1) is 25.1. The van der Waals surface area contributed by atoms with Crippen LogP contribution in [0.5, 0.6) is 11.6 Å². The first-order chi connectivity index (χ1) is 16.7. The van der Waals surface area contributed by atoms with Gasteiger partial charge in [0.05, 0.1) is 48.7 Å². The van der Waals surface area contributed by atoms with Gasteiger partial charge in [-0.05, 0) is 61.4 Å². The van der Waals surface area contributed by atoms with Crippen LogP contribution in [-0.2, 0) is 19.4 Å². The van der Waals surface area contributed by atoms with Crippen molar-refractivity contribution in [2.24, 2.45) is 0 Å². The zero-order chi connectivity index (χ0) is 25.6. The molecule has 2 aromatic carbocycles. The highest BCUT2D eigenvalue weighted by atomic mass is 32.2. The molecule has 0 saturated heterocycles. The van der Waals surface area contributed by atoms with Gasteiger partial charge in [0.1, 0.15) is 10.6 Å². The van der Waals surface area contributed by atoms with E-state index in [0.717, 1.165) is 6.20 Å². The number of aryl methyl sites for hydroxylation is 2. The molecule has 11 heteroatoms. The van der Waals surface area contributed by atoms with Crippen LogP contribution in [-0.4, -0.2) is 37.2 Å². The van der Waals surface area contributed by atoms with Gasteiger partial charge in [0.15, 0.2) is 9.84 Å². The number of rotatable bonds is 8. The minimum Gasteiger partial charge on any atom is -0.469 e. The standard InChI is InChI=1S/C24H21N5O5S/c1-15-10-18(13-26)11-16(2)22(15)34-23-20(35(31,32)9-8-21(30)33-3)14-27-24(29-23)28-19-6-4-17(12-25)5-7-19/h4-7,10-11,14H,8-9H2,1-3H3,(H,27,28,29). The largest absolute Gasteiger partial charge is 0.469 e. The molecule has 0 bridgehead atoms. The van der Waals surface area contributed by atoms with E-state index in [-0.39, 0.29) is 23.1 Å². The van der Waals surface area contributed by atoms with Crippen LogP contribution in [0.3, 0.4) is 0 Å². The number of hydrogen-bond donors (Lipinski definition) is 1. The molecule has 35 heavy (non-hydrogen) atoms. The molecule has 0 spiro atoms. The summed E-state index contributed by atoms with van der Waals surface area (Å²) in [6.45, 7) is 3.46. The van der Waals surface area contributed by atoms with Gasteiger partial charge in [-0.2, -0.15) is 15.5 Å². The van der Waals surface area contributed by atoms with Gasteiger partial charge in [-0.3, -0.25) is 4.79 Å². The first-order valence-electron chi connectivity index (χ1n) is 10.3. The predicted molar refractivity (Wildman–Crippen MR) is 126 cm³/mol. The van der Waals surface area contributed by atoms with Crippen molar-refractivity contribution in [2.45, 2.75) is 25.2 Å². The molecule has 3 aromatic rings. The number of ether oxygens (including phenoxy) is 2. The van der Waals surface area contributed by atoms with Gasteiger partial charge in [0, 0.05) is 5.69 Å². The first-order valence-corrected chi connectivity index (χ1v) is 11.9. The van der Waals surface area contributed by atoms with Gasteiger partial charge in [-0.1, -0.05) is 0 Å². The summed E-state index contributed by atoms with van der Waals surface area (Å²) in [5.41, 5.74) is 2.70. The van der Waals surface area contributed by atoms with E-state index in [1.54, 1.807) is 50.2 Å². The van der Waals surface area contributed by atoms with Gasteiger partial charge in [-0.15, -0.1) is 0 Å². The van der Waals surface area contributed by atoms with Crippen LogP contribution in [0.25, 0.3) is 0 Å². The number of nitrogens with one attached hydrogen (secondary N) is 1. The van der Waals surface area contributed by atoms with Crippen LogP contribution in [0.15, 0.2) is 47.5 Å². The number of carbonyl (C=O) groups excluding carboxylic acids is 1. The van der Waals surface area contributed by atoms with Crippen molar-refractivity contribution < 1.29 is 22.7 Å². The predicted octanol–water partition coefficient (Wildman–Crippen LogP) is 3.71. The Labute approximate surface area is 202 Å². The zero-order valence-electron chi connectivity index (χ0n) is 19.2. The van der Waals surface area contributed by atoms with Gasteiger partial charge in [0.25, 0.3) is 0 Å². The molecule has 1 heterocycles. The summed E-state index contributed by atoms with van der Waals surface area (Å²) in [4.78, 5) is 19.6. The summed E-state index contributed by atoms with van der Waals surface area (Å²) >= 11 is 0. The third-order valence-electron chi connectivity index (χ3n) is 4.92. The highest BCUT2D eigenvalue weighted by Gasteiger charge is 2.25. The Kier molecular flexibility index (Phi) is 7.64. The Morgan fingerprint density at radius 3 is 2.26 bits per heavy atom. The fourth-order valence-corrected chi connectivity index (χ4v) is 4.38. The number of esters is 1. The van der Waals surface area contributed by atoms with E-state index in [9.17, 15) is 18.5 Å². The number of benzene rings is 2. The maximum absolute atomic E-state index is 13.0. The molecule has 0 unspecified atom stereocenters. The lowest BCUT2D eigenvalue weighted by Gasteiger charge is -2.15. The molecule has 0 atom stereocenters. The van der Waals surface area contributed by atoms with Crippen molar-refractivity contribution in [3.8, 4) is 23.8 Å². The Morgan fingerprint density at radius 1 is 1.06 bits per heavy atom. The van der Waals surface area contributed by atoms with E-state index < -0.39 is 21.6 Å². The van der Waals surface area contributed by atoms with Crippen molar-refractivity contribution in [1.82, 2.24) is 9.97 Å². The normalized spacial score (nSPS) is 10.7.